The number of hydrogen-bond acceptors (Lipinski definition) is 3. The minimum absolute atomic E-state index is 0.136. The van der Waals surface area contributed by atoms with Crippen molar-refractivity contribution in [1.82, 2.24) is 4.90 Å². The van der Waals surface area contributed by atoms with Crippen LogP contribution in [0.1, 0.15) is 32.6 Å². The fourth-order valence-electron chi connectivity index (χ4n) is 3.43. The molecule has 21 heavy (non-hydrogen) atoms. The van der Waals surface area contributed by atoms with E-state index in [4.69, 9.17) is 0 Å². The van der Waals surface area contributed by atoms with Crippen molar-refractivity contribution >= 4 is 17.3 Å². The third kappa shape index (κ3) is 3.14. The number of benzene rings is 1. The Morgan fingerprint density at radius 3 is 2.67 bits per heavy atom. The highest BCUT2D eigenvalue weighted by molar-refractivity contribution is 5.88. The summed E-state index contributed by atoms with van der Waals surface area (Å²) in [6, 6.07) is 7.93. The largest absolute Gasteiger partial charge is 0.381 e. The molecular weight excluding hydrogens is 262 g/mol. The van der Waals surface area contributed by atoms with Gasteiger partial charge in [0.15, 0.2) is 0 Å². The van der Waals surface area contributed by atoms with Gasteiger partial charge >= 0.3 is 0 Å². The third-order valence-electron chi connectivity index (χ3n) is 4.67. The predicted octanol–water partition coefficient (Wildman–Crippen LogP) is 2.93. The molecule has 0 bridgehead atoms. The van der Waals surface area contributed by atoms with Crippen molar-refractivity contribution < 1.29 is 4.79 Å². The van der Waals surface area contributed by atoms with E-state index in [9.17, 15) is 4.79 Å². The second-order valence-corrected chi connectivity index (χ2v) is 6.18. The van der Waals surface area contributed by atoms with Crippen LogP contribution in [0, 0.1) is 5.92 Å². The molecule has 0 spiro atoms. The first-order valence-electron chi connectivity index (χ1n) is 8.16. The Morgan fingerprint density at radius 1 is 1.24 bits per heavy atom. The van der Waals surface area contributed by atoms with Crippen molar-refractivity contribution in [2.75, 3.05) is 30.3 Å². The first-order valence-corrected chi connectivity index (χ1v) is 8.16. The summed E-state index contributed by atoms with van der Waals surface area (Å²) in [4.78, 5) is 14.7. The number of carbonyl (C=O) groups is 1. The molecule has 2 aliphatic heterocycles. The molecule has 1 saturated heterocycles. The number of rotatable bonds is 3. The highest BCUT2D eigenvalue weighted by atomic mass is 16.2. The minimum Gasteiger partial charge on any atom is -0.381 e. The molecule has 1 aromatic carbocycles. The molecule has 4 nitrogen and oxygen atoms in total. The zero-order chi connectivity index (χ0) is 14.7. The van der Waals surface area contributed by atoms with Crippen molar-refractivity contribution in [3.8, 4) is 0 Å². The van der Waals surface area contributed by atoms with E-state index in [0.717, 1.165) is 43.2 Å². The molecule has 0 radical (unpaired) electrons. The van der Waals surface area contributed by atoms with E-state index in [1.165, 1.54) is 12.8 Å². The zero-order valence-corrected chi connectivity index (χ0v) is 12.8. The maximum atomic E-state index is 12.7. The quantitative estimate of drug-likeness (QED) is 0.898. The van der Waals surface area contributed by atoms with Gasteiger partial charge in [0.05, 0.1) is 11.4 Å². The molecule has 114 valence electrons. The Hall–Kier alpha value is -1.71. The van der Waals surface area contributed by atoms with Crippen molar-refractivity contribution in [3.05, 3.63) is 24.3 Å². The van der Waals surface area contributed by atoms with Gasteiger partial charge < -0.3 is 15.5 Å². The molecule has 1 atom stereocenters. The number of nitrogens with one attached hydrogen (secondary N) is 2. The molecule has 4 heteroatoms. The van der Waals surface area contributed by atoms with Crippen LogP contribution in [-0.2, 0) is 4.79 Å². The number of nitrogens with zero attached hydrogens (tertiary/aromatic N) is 1. The summed E-state index contributed by atoms with van der Waals surface area (Å²) in [6.07, 6.45) is 4.88. The normalized spacial score (nSPS) is 22.1. The lowest BCUT2D eigenvalue weighted by Crippen LogP contribution is -2.50. The Balaban J connectivity index is 1.57. The van der Waals surface area contributed by atoms with Crippen LogP contribution in [0.4, 0.5) is 11.4 Å². The predicted molar refractivity (Wildman–Crippen MR) is 86.6 cm³/mol. The topological polar surface area (TPSA) is 44.4 Å². The summed E-state index contributed by atoms with van der Waals surface area (Å²) < 4.78 is 0. The van der Waals surface area contributed by atoms with Crippen LogP contribution in [0.5, 0.6) is 0 Å². The number of piperidine rings is 1. The van der Waals surface area contributed by atoms with E-state index < -0.39 is 0 Å². The molecule has 1 fully saturated rings. The Kier molecular flexibility index (Phi) is 4.32. The van der Waals surface area contributed by atoms with Crippen LogP contribution >= 0.6 is 0 Å². The summed E-state index contributed by atoms with van der Waals surface area (Å²) >= 11 is 0. The highest BCUT2D eigenvalue weighted by Gasteiger charge is 2.30. The Bertz CT molecular complexity index is 495. The average Bonchev–Trinajstić information content (AvgIpc) is 2.55. The van der Waals surface area contributed by atoms with Crippen molar-refractivity contribution in [2.45, 2.75) is 38.6 Å². The molecule has 3 rings (SSSR count). The number of hydrogen-bond donors (Lipinski definition) is 2. The lowest BCUT2D eigenvalue weighted by atomic mass is 9.92. The molecule has 2 heterocycles. The van der Waals surface area contributed by atoms with Gasteiger partial charge in [-0.1, -0.05) is 31.9 Å². The van der Waals surface area contributed by atoms with Crippen LogP contribution < -0.4 is 10.6 Å². The van der Waals surface area contributed by atoms with Gasteiger partial charge in [-0.25, -0.2) is 0 Å². The molecule has 0 aromatic heterocycles. The summed E-state index contributed by atoms with van der Waals surface area (Å²) in [7, 11) is 0. The lowest BCUT2D eigenvalue weighted by molar-refractivity contribution is -0.133. The molecule has 2 aliphatic rings. The standard InChI is InChI=1S/C17H25N3O/c1-2-5-13-8-10-20(11-9-13)17(21)16-12-18-14-6-3-4-7-15(14)19-16/h3-4,6-7,13,16,18-19H,2,5,8-12H2,1H3. The molecule has 2 N–H and O–H groups in total. The van der Waals surface area contributed by atoms with Crippen LogP contribution in [0.2, 0.25) is 0 Å². The van der Waals surface area contributed by atoms with Crippen LogP contribution in [-0.4, -0.2) is 36.5 Å². The van der Waals surface area contributed by atoms with Crippen LogP contribution in [0.25, 0.3) is 0 Å². The van der Waals surface area contributed by atoms with E-state index in [1.807, 2.05) is 29.2 Å². The van der Waals surface area contributed by atoms with E-state index in [1.54, 1.807) is 0 Å². The van der Waals surface area contributed by atoms with E-state index >= 15 is 0 Å². The number of carbonyl (C=O) groups excluding carboxylic acids is 1. The van der Waals surface area contributed by atoms with E-state index in [0.29, 0.717) is 6.54 Å². The van der Waals surface area contributed by atoms with Gasteiger partial charge in [0, 0.05) is 19.6 Å². The van der Waals surface area contributed by atoms with Gasteiger partial charge in [-0.05, 0) is 30.9 Å². The Labute approximate surface area is 126 Å². The maximum absolute atomic E-state index is 12.7. The number of anilines is 2. The van der Waals surface area contributed by atoms with E-state index in [-0.39, 0.29) is 11.9 Å². The van der Waals surface area contributed by atoms with Crippen LogP contribution in [0.3, 0.4) is 0 Å². The van der Waals surface area contributed by atoms with Crippen molar-refractivity contribution in [1.29, 1.82) is 0 Å². The van der Waals surface area contributed by atoms with Crippen LogP contribution in [0.15, 0.2) is 24.3 Å². The lowest BCUT2D eigenvalue weighted by Gasteiger charge is -2.36. The smallest absolute Gasteiger partial charge is 0.246 e. The van der Waals surface area contributed by atoms with Gasteiger partial charge in [-0.2, -0.15) is 0 Å². The molecule has 1 aromatic rings. The maximum Gasteiger partial charge on any atom is 0.246 e. The Morgan fingerprint density at radius 2 is 1.95 bits per heavy atom. The van der Waals surface area contributed by atoms with Gasteiger partial charge in [-0.15, -0.1) is 0 Å². The van der Waals surface area contributed by atoms with Gasteiger partial charge in [-0.3, -0.25) is 4.79 Å². The monoisotopic (exact) mass is 287 g/mol. The second-order valence-electron chi connectivity index (χ2n) is 6.18. The average molecular weight is 287 g/mol. The number of para-hydroxylation sites is 2. The SMILES string of the molecule is CCCC1CCN(C(=O)C2CNc3ccccc3N2)CC1. The third-order valence-corrected chi connectivity index (χ3v) is 4.67. The molecule has 0 saturated carbocycles. The fourth-order valence-corrected chi connectivity index (χ4v) is 3.43. The minimum atomic E-state index is -0.136. The van der Waals surface area contributed by atoms with Crippen molar-refractivity contribution in [3.63, 3.8) is 0 Å². The number of amides is 1. The molecular formula is C17H25N3O. The summed E-state index contributed by atoms with van der Waals surface area (Å²) in [5, 5.41) is 6.73. The molecule has 1 amide bonds. The highest BCUT2D eigenvalue weighted by Crippen LogP contribution is 2.27. The molecule has 1 unspecified atom stereocenters. The first kappa shape index (κ1) is 14.2. The van der Waals surface area contributed by atoms with Gasteiger partial charge in [0.2, 0.25) is 5.91 Å². The summed E-state index contributed by atoms with van der Waals surface area (Å²) in [5.41, 5.74) is 2.12. The van der Waals surface area contributed by atoms with Gasteiger partial charge in [0.25, 0.3) is 0 Å². The van der Waals surface area contributed by atoms with E-state index in [2.05, 4.69) is 17.6 Å². The second kappa shape index (κ2) is 6.37. The van der Waals surface area contributed by atoms with Gasteiger partial charge in [0.1, 0.15) is 6.04 Å². The number of likely N-dealkylation sites (tertiary alicyclic amines) is 1. The molecule has 0 aliphatic carbocycles. The van der Waals surface area contributed by atoms with Crippen molar-refractivity contribution in [2.24, 2.45) is 5.92 Å². The summed E-state index contributed by atoms with van der Waals surface area (Å²) in [5.74, 6) is 1.06. The first-order chi connectivity index (χ1) is 10.3. The zero-order valence-electron chi connectivity index (χ0n) is 12.8. The fraction of sp³-hybridized carbons (Fsp3) is 0.588. The number of fused-ring (bicyclic) bond motifs is 1. The summed E-state index contributed by atoms with van der Waals surface area (Å²) in [6.45, 7) is 4.75.